The Balaban J connectivity index is 0.00000261. The number of carbonyl (C=O) groups is 1. The number of hydrogen-bond acceptors (Lipinski definition) is 4. The smallest absolute Gasteiger partial charge is 0.303 e. The molecule has 140 valence electrons. The van der Waals surface area contributed by atoms with Crippen LogP contribution in [0.4, 0.5) is 0 Å². The Labute approximate surface area is 163 Å². The average molecular weight is 386 g/mol. The Hall–Kier alpha value is -3.12. The van der Waals surface area contributed by atoms with Crippen molar-refractivity contribution >= 4 is 18.4 Å². The van der Waals surface area contributed by atoms with Gasteiger partial charge in [0.25, 0.3) is 0 Å². The lowest BCUT2D eigenvalue weighted by Gasteiger charge is -2.09. The molecule has 6 nitrogen and oxygen atoms in total. The molecule has 0 saturated heterocycles. The van der Waals surface area contributed by atoms with Gasteiger partial charge < -0.3 is 9.84 Å². The molecule has 0 bridgehead atoms. The van der Waals surface area contributed by atoms with Gasteiger partial charge in [0.1, 0.15) is 17.0 Å². The normalized spacial score (nSPS) is 10.1. The van der Waals surface area contributed by atoms with Crippen LogP contribution in [0.15, 0.2) is 66.7 Å². The Kier molecular flexibility index (Phi) is 7.14. The van der Waals surface area contributed by atoms with E-state index in [4.69, 9.17) is 15.3 Å². The predicted molar refractivity (Wildman–Crippen MR) is 104 cm³/mol. The van der Waals surface area contributed by atoms with Gasteiger partial charge >= 0.3 is 5.97 Å². The second kappa shape index (κ2) is 9.54. The van der Waals surface area contributed by atoms with Crippen molar-refractivity contribution < 1.29 is 14.6 Å². The number of benzene rings is 2. The Morgan fingerprint density at radius 2 is 1.67 bits per heavy atom. The molecule has 27 heavy (non-hydrogen) atoms. The molecule has 0 aliphatic heterocycles. The molecular weight excluding hydrogens is 366 g/mol. The van der Waals surface area contributed by atoms with Crippen molar-refractivity contribution in [2.24, 2.45) is 0 Å². The topological polar surface area (TPSA) is 88.2 Å². The van der Waals surface area contributed by atoms with Crippen LogP contribution in [0.2, 0.25) is 0 Å². The standard InChI is InChI=1S/C20H19N3O3.ClH/c21-19-13-12-18(22-23(19)14-4-7-20(24)25)15-8-10-17(11-9-15)26-16-5-2-1-3-6-16;/h1-3,5-6,8-13,21H,4,7,14H2,(H,24,25);1H. The lowest BCUT2D eigenvalue weighted by molar-refractivity contribution is -0.137. The summed E-state index contributed by atoms with van der Waals surface area (Å²) < 4.78 is 7.30. The highest BCUT2D eigenvalue weighted by molar-refractivity contribution is 5.85. The van der Waals surface area contributed by atoms with Gasteiger partial charge in [0.05, 0.1) is 5.69 Å². The van der Waals surface area contributed by atoms with E-state index in [0.29, 0.717) is 13.0 Å². The van der Waals surface area contributed by atoms with Gasteiger partial charge in [-0.2, -0.15) is 5.10 Å². The SMILES string of the molecule is Cl.N=c1ccc(-c2ccc(Oc3ccccc3)cc2)nn1CCCC(=O)O. The van der Waals surface area contributed by atoms with Gasteiger partial charge in [-0.05, 0) is 55.0 Å². The molecule has 0 unspecified atom stereocenters. The zero-order valence-corrected chi connectivity index (χ0v) is 15.4. The van der Waals surface area contributed by atoms with Crippen molar-refractivity contribution in [1.29, 1.82) is 5.41 Å². The number of para-hydroxylation sites is 1. The van der Waals surface area contributed by atoms with Gasteiger partial charge in [-0.3, -0.25) is 10.2 Å². The van der Waals surface area contributed by atoms with Crippen molar-refractivity contribution in [3.05, 3.63) is 72.2 Å². The van der Waals surface area contributed by atoms with Crippen molar-refractivity contribution in [2.75, 3.05) is 0 Å². The van der Waals surface area contributed by atoms with Crippen LogP contribution in [0.1, 0.15) is 12.8 Å². The largest absolute Gasteiger partial charge is 0.481 e. The Morgan fingerprint density at radius 3 is 2.33 bits per heavy atom. The van der Waals surface area contributed by atoms with Crippen molar-refractivity contribution in [3.8, 4) is 22.8 Å². The first-order valence-electron chi connectivity index (χ1n) is 8.30. The van der Waals surface area contributed by atoms with Gasteiger partial charge in [0, 0.05) is 18.5 Å². The monoisotopic (exact) mass is 385 g/mol. The maximum atomic E-state index is 10.6. The first kappa shape index (κ1) is 20.2. The molecule has 3 aromatic rings. The molecule has 1 heterocycles. The van der Waals surface area contributed by atoms with E-state index in [-0.39, 0.29) is 24.3 Å². The van der Waals surface area contributed by atoms with Crippen LogP contribution in [-0.4, -0.2) is 20.9 Å². The van der Waals surface area contributed by atoms with Crippen LogP contribution in [0.5, 0.6) is 11.5 Å². The Morgan fingerprint density at radius 1 is 1.00 bits per heavy atom. The van der Waals surface area contributed by atoms with E-state index >= 15 is 0 Å². The zero-order valence-electron chi connectivity index (χ0n) is 14.5. The molecule has 0 atom stereocenters. The minimum Gasteiger partial charge on any atom is -0.481 e. The summed E-state index contributed by atoms with van der Waals surface area (Å²) in [5.41, 5.74) is 1.88. The van der Waals surface area contributed by atoms with E-state index in [2.05, 4.69) is 5.10 Å². The third-order valence-electron chi connectivity index (χ3n) is 3.80. The molecule has 0 radical (unpaired) electrons. The zero-order chi connectivity index (χ0) is 18.4. The van der Waals surface area contributed by atoms with Crippen LogP contribution in [0, 0.1) is 5.41 Å². The molecule has 0 spiro atoms. The number of nitrogens with one attached hydrogen (secondary N) is 1. The third kappa shape index (κ3) is 5.69. The molecule has 0 aliphatic rings. The van der Waals surface area contributed by atoms with Crippen molar-refractivity contribution in [3.63, 3.8) is 0 Å². The number of aromatic nitrogens is 2. The number of hydrogen-bond donors (Lipinski definition) is 2. The molecule has 0 amide bonds. The predicted octanol–water partition coefficient (Wildman–Crippen LogP) is 4.11. The number of aliphatic carboxylic acids is 1. The third-order valence-corrected chi connectivity index (χ3v) is 3.80. The van der Waals surface area contributed by atoms with Gasteiger partial charge in [0.2, 0.25) is 0 Å². The summed E-state index contributed by atoms with van der Waals surface area (Å²) in [7, 11) is 0. The highest BCUT2D eigenvalue weighted by Crippen LogP contribution is 2.24. The molecular formula is C20H20ClN3O3. The fourth-order valence-electron chi connectivity index (χ4n) is 2.48. The number of nitrogens with zero attached hydrogens (tertiary/aromatic N) is 2. The molecule has 1 aromatic heterocycles. The molecule has 0 saturated carbocycles. The highest BCUT2D eigenvalue weighted by Gasteiger charge is 2.05. The lowest BCUT2D eigenvalue weighted by Crippen LogP contribution is -2.22. The number of halogens is 1. The van der Waals surface area contributed by atoms with E-state index < -0.39 is 5.97 Å². The number of ether oxygens (including phenoxy) is 1. The fraction of sp³-hybridized carbons (Fsp3) is 0.150. The van der Waals surface area contributed by atoms with Crippen LogP contribution >= 0.6 is 12.4 Å². The molecule has 0 fully saturated rings. The van der Waals surface area contributed by atoms with Crippen LogP contribution in [-0.2, 0) is 11.3 Å². The fourth-order valence-corrected chi connectivity index (χ4v) is 2.48. The number of carboxylic acid groups (broad SMARTS) is 1. The van der Waals surface area contributed by atoms with E-state index in [1.807, 2.05) is 54.6 Å². The maximum Gasteiger partial charge on any atom is 0.303 e. The van der Waals surface area contributed by atoms with Gasteiger partial charge in [-0.15, -0.1) is 12.4 Å². The van der Waals surface area contributed by atoms with Gasteiger partial charge in [0.15, 0.2) is 0 Å². The van der Waals surface area contributed by atoms with Crippen LogP contribution in [0.25, 0.3) is 11.3 Å². The van der Waals surface area contributed by atoms with Gasteiger partial charge in [-0.25, -0.2) is 4.68 Å². The van der Waals surface area contributed by atoms with Crippen molar-refractivity contribution in [1.82, 2.24) is 9.78 Å². The molecule has 0 aliphatic carbocycles. The maximum absolute atomic E-state index is 10.6. The summed E-state index contributed by atoms with van der Waals surface area (Å²) in [4.78, 5) is 10.6. The summed E-state index contributed by atoms with van der Waals surface area (Å²) in [6.07, 6.45) is 0.496. The van der Waals surface area contributed by atoms with Crippen LogP contribution in [0.3, 0.4) is 0 Å². The highest BCUT2D eigenvalue weighted by atomic mass is 35.5. The summed E-state index contributed by atoms with van der Waals surface area (Å²) in [6.45, 7) is 0.397. The number of aryl methyl sites for hydroxylation is 1. The molecule has 2 aromatic carbocycles. The van der Waals surface area contributed by atoms with Gasteiger partial charge in [-0.1, -0.05) is 18.2 Å². The summed E-state index contributed by atoms with van der Waals surface area (Å²) >= 11 is 0. The summed E-state index contributed by atoms with van der Waals surface area (Å²) in [5, 5.41) is 21.1. The minimum absolute atomic E-state index is 0. The lowest BCUT2D eigenvalue weighted by atomic mass is 10.1. The van der Waals surface area contributed by atoms with E-state index in [1.165, 1.54) is 4.68 Å². The molecule has 7 heteroatoms. The van der Waals surface area contributed by atoms with Crippen molar-refractivity contribution in [2.45, 2.75) is 19.4 Å². The van der Waals surface area contributed by atoms with Crippen LogP contribution < -0.4 is 10.2 Å². The van der Waals surface area contributed by atoms with E-state index in [9.17, 15) is 4.79 Å². The Bertz CT molecular complexity index is 941. The average Bonchev–Trinajstić information content (AvgIpc) is 2.65. The summed E-state index contributed by atoms with van der Waals surface area (Å²) in [5.74, 6) is 0.655. The van der Waals surface area contributed by atoms with E-state index in [1.54, 1.807) is 12.1 Å². The second-order valence-electron chi connectivity index (χ2n) is 5.76. The first-order chi connectivity index (χ1) is 12.6. The number of carboxylic acids is 1. The molecule has 2 N–H and O–H groups in total. The molecule has 3 rings (SSSR count). The second-order valence-corrected chi connectivity index (χ2v) is 5.76. The quantitative estimate of drug-likeness (QED) is 0.640. The van der Waals surface area contributed by atoms with E-state index in [0.717, 1.165) is 22.8 Å². The summed E-state index contributed by atoms with van der Waals surface area (Å²) in [6, 6.07) is 20.5. The number of rotatable bonds is 7. The minimum atomic E-state index is -0.845. The first-order valence-corrected chi connectivity index (χ1v) is 8.30.